The van der Waals surface area contributed by atoms with Gasteiger partial charge in [-0.15, -0.1) is 0 Å². The Hall–Kier alpha value is -1.67. The molecule has 8 heteroatoms. The van der Waals surface area contributed by atoms with Crippen LogP contribution < -0.4 is 16.4 Å². The minimum atomic E-state index is -2.05. The molecule has 0 spiro atoms. The molecule has 2 atom stereocenters. The number of carbonyl (C=O) groups excluding carboxylic acids is 2. The van der Waals surface area contributed by atoms with Gasteiger partial charge in [0.2, 0.25) is 11.8 Å². The summed E-state index contributed by atoms with van der Waals surface area (Å²) in [6.07, 6.45) is 0. The van der Waals surface area contributed by atoms with Gasteiger partial charge in [0.05, 0.1) is 19.1 Å². The summed E-state index contributed by atoms with van der Waals surface area (Å²) in [6, 6.07) is -0.713. The van der Waals surface area contributed by atoms with E-state index in [0.717, 1.165) is 6.92 Å². The molecule has 6 N–H and O–H groups in total. The minimum absolute atomic E-state index is 0.0594. The number of carboxylic acids is 1. The molecule has 1 unspecified atom stereocenters. The number of aliphatic hydroxyl groups is 1. The quantitative estimate of drug-likeness (QED) is 0.365. The highest BCUT2D eigenvalue weighted by Gasteiger charge is 2.30. The average molecular weight is 275 g/mol. The zero-order valence-corrected chi connectivity index (χ0v) is 11.3. The molecule has 2 amide bonds. The van der Waals surface area contributed by atoms with Gasteiger partial charge in [0, 0.05) is 0 Å². The largest absolute Gasteiger partial charge is 0.479 e. The smallest absolute Gasteiger partial charge is 0.337 e. The lowest BCUT2D eigenvalue weighted by Crippen LogP contribution is -2.50. The zero-order chi connectivity index (χ0) is 15.2. The maximum atomic E-state index is 11.4. The Labute approximate surface area is 111 Å². The molecule has 0 aliphatic rings. The van der Waals surface area contributed by atoms with Gasteiger partial charge in [-0.05, 0) is 12.8 Å². The zero-order valence-electron chi connectivity index (χ0n) is 11.3. The molecule has 0 rings (SSSR count). The van der Waals surface area contributed by atoms with E-state index in [1.165, 1.54) is 0 Å². The summed E-state index contributed by atoms with van der Waals surface area (Å²) in [5, 5.41) is 22.5. The summed E-state index contributed by atoms with van der Waals surface area (Å²) in [4.78, 5) is 33.4. The van der Waals surface area contributed by atoms with Crippen molar-refractivity contribution in [1.29, 1.82) is 0 Å². The van der Waals surface area contributed by atoms with Crippen molar-refractivity contribution in [2.75, 3.05) is 13.1 Å². The van der Waals surface area contributed by atoms with Gasteiger partial charge in [0.15, 0.2) is 5.60 Å². The van der Waals surface area contributed by atoms with E-state index < -0.39 is 36.0 Å². The number of rotatable bonds is 7. The Balaban J connectivity index is 4.08. The van der Waals surface area contributed by atoms with Crippen LogP contribution in [0.2, 0.25) is 0 Å². The third kappa shape index (κ3) is 6.16. The molecule has 0 aliphatic carbocycles. The Morgan fingerprint density at radius 2 is 1.79 bits per heavy atom. The van der Waals surface area contributed by atoms with Crippen molar-refractivity contribution in [2.45, 2.75) is 32.4 Å². The molecule has 0 aliphatic heterocycles. The highest BCUT2D eigenvalue weighted by atomic mass is 16.4. The normalized spacial score (nSPS) is 15.5. The summed E-state index contributed by atoms with van der Waals surface area (Å²) in [7, 11) is 0. The van der Waals surface area contributed by atoms with E-state index in [9.17, 15) is 19.5 Å². The minimum Gasteiger partial charge on any atom is -0.479 e. The topological polar surface area (TPSA) is 142 Å². The molecule has 0 saturated carbocycles. The predicted octanol–water partition coefficient (Wildman–Crippen LogP) is -1.96. The first-order chi connectivity index (χ1) is 8.58. The third-order valence-corrected chi connectivity index (χ3v) is 2.53. The third-order valence-electron chi connectivity index (χ3n) is 2.53. The van der Waals surface area contributed by atoms with E-state index in [2.05, 4.69) is 10.6 Å². The van der Waals surface area contributed by atoms with E-state index in [4.69, 9.17) is 10.8 Å². The van der Waals surface area contributed by atoms with Crippen molar-refractivity contribution < 1.29 is 24.6 Å². The van der Waals surface area contributed by atoms with Gasteiger partial charge >= 0.3 is 5.97 Å². The van der Waals surface area contributed by atoms with Crippen molar-refractivity contribution >= 4 is 17.8 Å². The molecule has 0 aromatic carbocycles. The van der Waals surface area contributed by atoms with E-state index in [1.807, 2.05) is 0 Å². The van der Waals surface area contributed by atoms with E-state index in [0.29, 0.717) is 0 Å². The summed E-state index contributed by atoms with van der Waals surface area (Å²) in [5.41, 5.74) is 3.52. The van der Waals surface area contributed by atoms with Gasteiger partial charge < -0.3 is 26.6 Å². The Morgan fingerprint density at radius 1 is 1.26 bits per heavy atom. The molecular formula is C11H21N3O5. The van der Waals surface area contributed by atoms with Gasteiger partial charge in [0.25, 0.3) is 0 Å². The molecule has 0 aromatic heterocycles. The number of aliphatic carboxylic acids is 1. The van der Waals surface area contributed by atoms with Crippen LogP contribution >= 0.6 is 0 Å². The fourth-order valence-corrected chi connectivity index (χ4v) is 0.997. The SMILES string of the molecule is CC(C)[C@H](N)C(=O)NCC(=O)NCC(C)(O)C(=O)O. The number of hydrogen-bond donors (Lipinski definition) is 5. The number of nitrogens with two attached hydrogens (primary N) is 1. The van der Waals surface area contributed by atoms with Gasteiger partial charge in [-0.2, -0.15) is 0 Å². The van der Waals surface area contributed by atoms with E-state index in [1.54, 1.807) is 13.8 Å². The first-order valence-corrected chi connectivity index (χ1v) is 5.83. The fraction of sp³-hybridized carbons (Fsp3) is 0.727. The number of carboxylic acid groups (broad SMARTS) is 1. The van der Waals surface area contributed by atoms with Crippen molar-refractivity contribution in [1.82, 2.24) is 10.6 Å². The van der Waals surface area contributed by atoms with Crippen molar-refractivity contribution in [3.63, 3.8) is 0 Å². The van der Waals surface area contributed by atoms with Gasteiger partial charge in [-0.25, -0.2) is 4.79 Å². The highest BCUT2D eigenvalue weighted by molar-refractivity contribution is 5.87. The summed E-state index contributed by atoms with van der Waals surface area (Å²) in [6.45, 7) is 3.83. The monoisotopic (exact) mass is 275 g/mol. The van der Waals surface area contributed by atoms with Crippen LogP contribution in [0.15, 0.2) is 0 Å². The summed E-state index contributed by atoms with van der Waals surface area (Å²) < 4.78 is 0. The van der Waals surface area contributed by atoms with Crippen LogP contribution in [0, 0.1) is 5.92 Å². The second-order valence-corrected chi connectivity index (χ2v) is 4.84. The van der Waals surface area contributed by atoms with Crippen LogP contribution in [0.5, 0.6) is 0 Å². The Morgan fingerprint density at radius 3 is 2.21 bits per heavy atom. The standard InChI is InChI=1S/C11H21N3O5/c1-6(2)8(12)9(16)13-4-7(15)14-5-11(3,19)10(17)18/h6,8,19H,4-5,12H2,1-3H3,(H,13,16)(H,14,15)(H,17,18)/t8-,11?/m0/s1. The second kappa shape index (κ2) is 7.05. The van der Waals surface area contributed by atoms with E-state index >= 15 is 0 Å². The van der Waals surface area contributed by atoms with Crippen LogP contribution in [0.3, 0.4) is 0 Å². The van der Waals surface area contributed by atoms with Crippen molar-refractivity contribution in [3.8, 4) is 0 Å². The van der Waals surface area contributed by atoms with Crippen LogP contribution in [-0.4, -0.2) is 52.7 Å². The van der Waals surface area contributed by atoms with Crippen LogP contribution in [0.4, 0.5) is 0 Å². The molecule has 0 heterocycles. The summed E-state index contributed by atoms with van der Waals surface area (Å²) in [5.74, 6) is -2.57. The Bertz CT molecular complexity index is 354. The molecule has 0 bridgehead atoms. The number of amides is 2. The molecule has 8 nitrogen and oxygen atoms in total. The molecule has 110 valence electrons. The lowest BCUT2D eigenvalue weighted by atomic mass is 10.1. The Kier molecular flexibility index (Phi) is 6.43. The molecular weight excluding hydrogens is 254 g/mol. The first-order valence-electron chi connectivity index (χ1n) is 5.83. The fourth-order valence-electron chi connectivity index (χ4n) is 0.997. The first kappa shape index (κ1) is 17.3. The maximum absolute atomic E-state index is 11.4. The lowest BCUT2D eigenvalue weighted by molar-refractivity contribution is -0.156. The van der Waals surface area contributed by atoms with Gasteiger partial charge in [0.1, 0.15) is 0 Å². The van der Waals surface area contributed by atoms with Crippen LogP contribution in [-0.2, 0) is 14.4 Å². The number of hydrogen-bond acceptors (Lipinski definition) is 5. The molecule has 0 fully saturated rings. The highest BCUT2D eigenvalue weighted by Crippen LogP contribution is 2.00. The number of nitrogens with one attached hydrogen (secondary N) is 2. The number of carbonyl (C=O) groups is 3. The second-order valence-electron chi connectivity index (χ2n) is 4.84. The van der Waals surface area contributed by atoms with Crippen molar-refractivity contribution in [2.24, 2.45) is 11.7 Å². The van der Waals surface area contributed by atoms with Crippen LogP contribution in [0.1, 0.15) is 20.8 Å². The van der Waals surface area contributed by atoms with Gasteiger partial charge in [-0.3, -0.25) is 9.59 Å². The molecule has 0 aromatic rings. The van der Waals surface area contributed by atoms with E-state index in [-0.39, 0.29) is 12.5 Å². The van der Waals surface area contributed by atoms with Crippen molar-refractivity contribution in [3.05, 3.63) is 0 Å². The average Bonchev–Trinajstić information content (AvgIpc) is 2.32. The van der Waals surface area contributed by atoms with Gasteiger partial charge in [-0.1, -0.05) is 13.8 Å². The van der Waals surface area contributed by atoms with Crippen LogP contribution in [0.25, 0.3) is 0 Å². The molecule has 0 saturated heterocycles. The maximum Gasteiger partial charge on any atom is 0.337 e. The molecule has 19 heavy (non-hydrogen) atoms. The summed E-state index contributed by atoms with van der Waals surface area (Å²) >= 11 is 0. The predicted molar refractivity (Wildman–Crippen MR) is 67.1 cm³/mol. The molecule has 0 radical (unpaired) electrons. The lowest BCUT2D eigenvalue weighted by Gasteiger charge is -2.19.